The summed E-state index contributed by atoms with van der Waals surface area (Å²) in [5, 5.41) is 0. The summed E-state index contributed by atoms with van der Waals surface area (Å²) in [6, 6.07) is 0. The number of aryl methyl sites for hydroxylation is 2. The molecule has 3 rings (SSSR count). The van der Waals surface area contributed by atoms with Crippen LogP contribution in [0, 0.1) is 6.92 Å². The number of nitrogens with zero attached hydrogens (tertiary/aromatic N) is 3. The van der Waals surface area contributed by atoms with E-state index in [0.717, 1.165) is 25.0 Å². The first-order valence-corrected chi connectivity index (χ1v) is 6.05. The van der Waals surface area contributed by atoms with Crippen molar-refractivity contribution >= 4 is 5.78 Å². The second kappa shape index (κ2) is 4.33. The highest BCUT2D eigenvalue weighted by atomic mass is 16.3. The molecule has 0 N–H and O–H groups in total. The Morgan fingerprint density at radius 1 is 1.22 bits per heavy atom. The fourth-order valence-electron chi connectivity index (χ4n) is 2.14. The van der Waals surface area contributed by atoms with Crippen molar-refractivity contribution in [3.05, 3.63) is 29.6 Å². The van der Waals surface area contributed by atoms with E-state index >= 15 is 0 Å². The standard InChI is InChI=1S/C13H13N3O2/c1-8-15-11(7-18-8)13-14-6-9-10(16-13)4-2-3-5-12(9)17/h6-7H,2-5H2,1H3. The first kappa shape index (κ1) is 11.1. The van der Waals surface area contributed by atoms with Crippen LogP contribution in [0.2, 0.25) is 0 Å². The first-order valence-electron chi connectivity index (χ1n) is 6.05. The van der Waals surface area contributed by atoms with Crippen molar-refractivity contribution in [1.82, 2.24) is 15.0 Å². The lowest BCUT2D eigenvalue weighted by atomic mass is 10.1. The van der Waals surface area contributed by atoms with Crippen molar-refractivity contribution in [2.75, 3.05) is 0 Å². The highest BCUT2D eigenvalue weighted by Gasteiger charge is 2.18. The van der Waals surface area contributed by atoms with E-state index in [4.69, 9.17) is 4.42 Å². The maximum absolute atomic E-state index is 11.8. The largest absolute Gasteiger partial charge is 0.449 e. The minimum atomic E-state index is 0.144. The van der Waals surface area contributed by atoms with Gasteiger partial charge >= 0.3 is 0 Å². The molecule has 1 aliphatic carbocycles. The van der Waals surface area contributed by atoms with E-state index in [1.54, 1.807) is 13.1 Å². The fraction of sp³-hybridized carbons (Fsp3) is 0.385. The average Bonchev–Trinajstić information content (AvgIpc) is 2.72. The van der Waals surface area contributed by atoms with E-state index in [9.17, 15) is 4.79 Å². The van der Waals surface area contributed by atoms with Gasteiger partial charge in [0, 0.05) is 19.5 Å². The molecule has 0 bridgehead atoms. The third kappa shape index (κ3) is 1.92. The zero-order valence-electron chi connectivity index (χ0n) is 10.1. The Labute approximate surface area is 104 Å². The Morgan fingerprint density at radius 3 is 2.83 bits per heavy atom. The van der Waals surface area contributed by atoms with Gasteiger partial charge in [0.1, 0.15) is 12.0 Å². The maximum atomic E-state index is 11.8. The number of rotatable bonds is 1. The molecule has 2 heterocycles. The molecule has 2 aromatic rings. The molecule has 18 heavy (non-hydrogen) atoms. The van der Waals surface area contributed by atoms with Gasteiger partial charge in [0.2, 0.25) is 0 Å². The monoisotopic (exact) mass is 243 g/mol. The highest BCUT2D eigenvalue weighted by Crippen LogP contribution is 2.21. The molecule has 92 valence electrons. The molecular weight excluding hydrogens is 230 g/mol. The number of Topliss-reactive ketones (excluding diaryl/α,β-unsaturated/α-hetero) is 1. The highest BCUT2D eigenvalue weighted by molar-refractivity contribution is 5.97. The summed E-state index contributed by atoms with van der Waals surface area (Å²) >= 11 is 0. The number of oxazole rings is 1. The molecule has 2 aromatic heterocycles. The molecule has 0 saturated carbocycles. The Morgan fingerprint density at radius 2 is 2.06 bits per heavy atom. The number of aromatic nitrogens is 3. The van der Waals surface area contributed by atoms with E-state index in [2.05, 4.69) is 15.0 Å². The van der Waals surface area contributed by atoms with E-state index in [1.807, 2.05) is 0 Å². The molecule has 1 aliphatic rings. The van der Waals surface area contributed by atoms with Crippen LogP contribution in [0.3, 0.4) is 0 Å². The molecule has 0 spiro atoms. The van der Waals surface area contributed by atoms with Gasteiger partial charge in [-0.05, 0) is 19.3 Å². The molecule has 0 fully saturated rings. The van der Waals surface area contributed by atoms with Gasteiger partial charge < -0.3 is 4.42 Å². The minimum Gasteiger partial charge on any atom is -0.449 e. The lowest BCUT2D eigenvalue weighted by Crippen LogP contribution is -2.05. The van der Waals surface area contributed by atoms with Crippen LogP contribution in [0.15, 0.2) is 16.9 Å². The number of ketones is 1. The molecule has 0 atom stereocenters. The van der Waals surface area contributed by atoms with Crippen molar-refractivity contribution < 1.29 is 9.21 Å². The van der Waals surface area contributed by atoms with Gasteiger partial charge in [-0.1, -0.05) is 0 Å². The second-order valence-corrected chi connectivity index (χ2v) is 4.44. The van der Waals surface area contributed by atoms with Crippen LogP contribution in [-0.2, 0) is 6.42 Å². The van der Waals surface area contributed by atoms with Gasteiger partial charge in [0.05, 0.1) is 11.3 Å². The summed E-state index contributed by atoms with van der Waals surface area (Å²) in [5.41, 5.74) is 2.12. The first-order chi connectivity index (χ1) is 8.74. The maximum Gasteiger partial charge on any atom is 0.191 e. The summed E-state index contributed by atoms with van der Waals surface area (Å²) in [4.78, 5) is 24.7. The van der Waals surface area contributed by atoms with Crippen molar-refractivity contribution in [2.24, 2.45) is 0 Å². The topological polar surface area (TPSA) is 68.9 Å². The zero-order valence-corrected chi connectivity index (χ0v) is 10.1. The van der Waals surface area contributed by atoms with Crippen LogP contribution in [0.25, 0.3) is 11.5 Å². The third-order valence-corrected chi connectivity index (χ3v) is 3.08. The van der Waals surface area contributed by atoms with Crippen LogP contribution in [-0.4, -0.2) is 20.7 Å². The van der Waals surface area contributed by atoms with Gasteiger partial charge in [-0.3, -0.25) is 4.79 Å². The molecule has 0 aromatic carbocycles. The summed E-state index contributed by atoms with van der Waals surface area (Å²) in [7, 11) is 0. The van der Waals surface area contributed by atoms with Crippen molar-refractivity contribution in [2.45, 2.75) is 32.6 Å². The number of carbonyl (C=O) groups excluding carboxylic acids is 1. The predicted molar refractivity (Wildman–Crippen MR) is 64.2 cm³/mol. The summed E-state index contributed by atoms with van der Waals surface area (Å²) in [5.74, 6) is 1.25. The number of fused-ring (bicyclic) bond motifs is 1. The van der Waals surface area contributed by atoms with Gasteiger partial charge in [-0.15, -0.1) is 0 Å². The van der Waals surface area contributed by atoms with Crippen molar-refractivity contribution in [3.8, 4) is 11.5 Å². The Bertz CT molecular complexity index is 604. The zero-order chi connectivity index (χ0) is 12.5. The van der Waals surface area contributed by atoms with Gasteiger partial charge in [-0.2, -0.15) is 0 Å². The SMILES string of the molecule is Cc1nc(-c2ncc3c(n2)CCCCC3=O)co1. The summed E-state index contributed by atoms with van der Waals surface area (Å²) in [6.07, 6.45) is 6.50. The number of carbonyl (C=O) groups is 1. The molecule has 0 saturated heterocycles. The van der Waals surface area contributed by atoms with E-state index < -0.39 is 0 Å². The quantitative estimate of drug-likeness (QED) is 0.719. The van der Waals surface area contributed by atoms with E-state index in [-0.39, 0.29) is 5.78 Å². The predicted octanol–water partition coefficient (Wildman–Crippen LogP) is 2.35. The molecule has 0 amide bonds. The van der Waals surface area contributed by atoms with E-state index in [1.165, 1.54) is 6.26 Å². The molecule has 0 radical (unpaired) electrons. The summed E-state index contributed by atoms with van der Waals surface area (Å²) in [6.45, 7) is 1.77. The van der Waals surface area contributed by atoms with Crippen LogP contribution < -0.4 is 0 Å². The Kier molecular flexibility index (Phi) is 2.66. The van der Waals surface area contributed by atoms with Crippen molar-refractivity contribution in [1.29, 1.82) is 0 Å². The number of hydrogen-bond acceptors (Lipinski definition) is 5. The lowest BCUT2D eigenvalue weighted by molar-refractivity contribution is 0.0981. The normalized spacial score (nSPS) is 15.3. The molecule has 0 unspecified atom stereocenters. The van der Waals surface area contributed by atoms with Crippen LogP contribution >= 0.6 is 0 Å². The molecule has 5 heteroatoms. The van der Waals surface area contributed by atoms with E-state index in [0.29, 0.717) is 29.4 Å². The smallest absolute Gasteiger partial charge is 0.191 e. The van der Waals surface area contributed by atoms with Crippen molar-refractivity contribution in [3.63, 3.8) is 0 Å². The minimum absolute atomic E-state index is 0.144. The van der Waals surface area contributed by atoms with Gasteiger partial charge in [-0.25, -0.2) is 15.0 Å². The Hall–Kier alpha value is -2.04. The molecular formula is C13H13N3O2. The Balaban J connectivity index is 2.05. The van der Waals surface area contributed by atoms with Gasteiger partial charge in [0.15, 0.2) is 17.5 Å². The second-order valence-electron chi connectivity index (χ2n) is 4.44. The van der Waals surface area contributed by atoms with Crippen LogP contribution in [0.4, 0.5) is 0 Å². The van der Waals surface area contributed by atoms with Crippen LogP contribution in [0.5, 0.6) is 0 Å². The molecule has 0 aliphatic heterocycles. The third-order valence-electron chi connectivity index (χ3n) is 3.08. The fourth-order valence-corrected chi connectivity index (χ4v) is 2.14. The lowest BCUT2D eigenvalue weighted by Gasteiger charge is -2.04. The summed E-state index contributed by atoms with van der Waals surface area (Å²) < 4.78 is 5.15. The number of hydrogen-bond donors (Lipinski definition) is 0. The van der Waals surface area contributed by atoms with Gasteiger partial charge in [0.25, 0.3) is 0 Å². The van der Waals surface area contributed by atoms with Crippen LogP contribution in [0.1, 0.15) is 41.2 Å². The average molecular weight is 243 g/mol. The molecule has 5 nitrogen and oxygen atoms in total.